The number of benzene rings is 1. The van der Waals surface area contributed by atoms with E-state index < -0.39 is 31.3 Å². The SMILES string of the molecule is Cl.O=[N+]([O-])c1cccc(F)c1S(=O)(=O)NC1CCNCC1. The van der Waals surface area contributed by atoms with Crippen LogP contribution in [0.4, 0.5) is 10.1 Å². The molecular weight excluding hydrogens is 325 g/mol. The summed E-state index contributed by atoms with van der Waals surface area (Å²) in [6.45, 7) is 1.29. The molecule has 2 rings (SSSR count). The predicted octanol–water partition coefficient (Wildman–Crippen LogP) is 1.19. The highest BCUT2D eigenvalue weighted by Crippen LogP contribution is 2.26. The van der Waals surface area contributed by atoms with Crippen LogP contribution in [0.25, 0.3) is 0 Å². The van der Waals surface area contributed by atoms with Crippen LogP contribution < -0.4 is 10.0 Å². The number of nitro benzene ring substituents is 1. The quantitative estimate of drug-likeness (QED) is 0.633. The number of piperidine rings is 1. The average Bonchev–Trinajstić information content (AvgIpc) is 2.38. The molecule has 0 unspecified atom stereocenters. The Morgan fingerprint density at radius 3 is 2.52 bits per heavy atom. The zero-order valence-electron chi connectivity index (χ0n) is 10.9. The van der Waals surface area contributed by atoms with Crippen LogP contribution in [0.2, 0.25) is 0 Å². The van der Waals surface area contributed by atoms with Gasteiger partial charge >= 0.3 is 0 Å². The van der Waals surface area contributed by atoms with Crippen molar-refractivity contribution in [2.75, 3.05) is 13.1 Å². The van der Waals surface area contributed by atoms with Crippen molar-refractivity contribution >= 4 is 28.1 Å². The van der Waals surface area contributed by atoms with Crippen LogP contribution in [-0.2, 0) is 10.0 Å². The summed E-state index contributed by atoms with van der Waals surface area (Å²) in [7, 11) is -4.26. The van der Waals surface area contributed by atoms with Gasteiger partial charge in [-0.25, -0.2) is 17.5 Å². The number of hydrogen-bond donors (Lipinski definition) is 2. The first-order valence-electron chi connectivity index (χ1n) is 6.08. The van der Waals surface area contributed by atoms with E-state index >= 15 is 0 Å². The maximum absolute atomic E-state index is 13.7. The second kappa shape index (κ2) is 7.12. The molecular formula is C11H15ClFN3O4S. The third-order valence-corrected chi connectivity index (χ3v) is 4.66. The van der Waals surface area contributed by atoms with Gasteiger partial charge in [-0.1, -0.05) is 6.07 Å². The molecule has 0 radical (unpaired) electrons. The fourth-order valence-corrected chi connectivity index (χ4v) is 3.66. The topological polar surface area (TPSA) is 101 Å². The van der Waals surface area contributed by atoms with Crippen molar-refractivity contribution in [3.63, 3.8) is 0 Å². The van der Waals surface area contributed by atoms with Gasteiger partial charge in [-0.05, 0) is 32.0 Å². The van der Waals surface area contributed by atoms with Crippen molar-refractivity contribution in [1.82, 2.24) is 10.0 Å². The third kappa shape index (κ3) is 4.10. The molecule has 1 aromatic carbocycles. The highest BCUT2D eigenvalue weighted by atomic mass is 35.5. The lowest BCUT2D eigenvalue weighted by molar-refractivity contribution is -0.388. The van der Waals surface area contributed by atoms with Crippen LogP contribution in [0.5, 0.6) is 0 Å². The molecule has 0 bridgehead atoms. The van der Waals surface area contributed by atoms with Crippen LogP contribution in [0, 0.1) is 15.9 Å². The average molecular weight is 340 g/mol. The number of nitrogens with zero attached hydrogens (tertiary/aromatic N) is 1. The standard InChI is InChI=1S/C11H14FN3O4S.ClH/c12-9-2-1-3-10(15(16)17)11(9)20(18,19)14-8-4-6-13-7-5-8;/h1-3,8,13-14H,4-7H2;1H. The Bertz CT molecular complexity index is 620. The molecule has 0 atom stereocenters. The Morgan fingerprint density at radius 2 is 1.95 bits per heavy atom. The molecule has 10 heteroatoms. The van der Waals surface area contributed by atoms with E-state index in [2.05, 4.69) is 10.0 Å². The molecule has 0 saturated carbocycles. The van der Waals surface area contributed by atoms with E-state index in [-0.39, 0.29) is 18.4 Å². The summed E-state index contributed by atoms with van der Waals surface area (Å²) in [4.78, 5) is 9.05. The highest BCUT2D eigenvalue weighted by Gasteiger charge is 2.31. The van der Waals surface area contributed by atoms with Gasteiger partial charge in [0.2, 0.25) is 0 Å². The number of hydrogen-bond acceptors (Lipinski definition) is 5. The van der Waals surface area contributed by atoms with Gasteiger partial charge in [0.15, 0.2) is 4.90 Å². The lowest BCUT2D eigenvalue weighted by atomic mass is 10.1. The molecule has 1 fully saturated rings. The van der Waals surface area contributed by atoms with E-state index in [9.17, 15) is 22.9 Å². The lowest BCUT2D eigenvalue weighted by Gasteiger charge is -2.23. The molecule has 1 heterocycles. The van der Waals surface area contributed by atoms with Crippen LogP contribution in [-0.4, -0.2) is 32.5 Å². The minimum atomic E-state index is -4.26. The molecule has 0 amide bonds. The minimum Gasteiger partial charge on any atom is -0.317 e. The Balaban J connectivity index is 0.00000220. The Labute approximate surface area is 127 Å². The van der Waals surface area contributed by atoms with E-state index in [1.165, 1.54) is 0 Å². The Morgan fingerprint density at radius 1 is 1.33 bits per heavy atom. The summed E-state index contributed by atoms with van der Waals surface area (Å²) in [5.41, 5.74) is -0.758. The number of nitrogens with one attached hydrogen (secondary N) is 2. The summed E-state index contributed by atoms with van der Waals surface area (Å²) >= 11 is 0. The van der Waals surface area contributed by atoms with Crippen LogP contribution in [0.3, 0.4) is 0 Å². The first kappa shape index (κ1) is 17.8. The monoisotopic (exact) mass is 339 g/mol. The van der Waals surface area contributed by atoms with Gasteiger partial charge in [-0.15, -0.1) is 12.4 Å². The number of rotatable bonds is 4. The van der Waals surface area contributed by atoms with Gasteiger partial charge in [0, 0.05) is 12.1 Å². The molecule has 1 aromatic rings. The molecule has 0 aromatic heterocycles. The van der Waals surface area contributed by atoms with E-state index in [1.807, 2.05) is 0 Å². The van der Waals surface area contributed by atoms with Crippen molar-refractivity contribution in [1.29, 1.82) is 0 Å². The van der Waals surface area contributed by atoms with Crippen LogP contribution >= 0.6 is 12.4 Å². The van der Waals surface area contributed by atoms with Gasteiger partial charge in [0.25, 0.3) is 15.7 Å². The molecule has 1 aliphatic rings. The van der Waals surface area contributed by atoms with E-state index in [4.69, 9.17) is 0 Å². The Hall–Kier alpha value is -1.29. The molecule has 1 aliphatic heterocycles. The summed E-state index contributed by atoms with van der Waals surface area (Å²) in [5.74, 6) is -1.12. The van der Waals surface area contributed by atoms with Crippen LogP contribution in [0.15, 0.2) is 23.1 Å². The van der Waals surface area contributed by atoms with Gasteiger partial charge in [0.05, 0.1) is 4.92 Å². The van der Waals surface area contributed by atoms with Gasteiger partial charge < -0.3 is 5.32 Å². The summed E-state index contributed by atoms with van der Waals surface area (Å²) in [6.07, 6.45) is 1.11. The van der Waals surface area contributed by atoms with Gasteiger partial charge in [-0.2, -0.15) is 0 Å². The molecule has 0 spiro atoms. The zero-order valence-corrected chi connectivity index (χ0v) is 12.5. The fraction of sp³-hybridized carbons (Fsp3) is 0.455. The van der Waals surface area contributed by atoms with Gasteiger partial charge in [-0.3, -0.25) is 10.1 Å². The first-order chi connectivity index (χ1) is 9.42. The molecule has 0 aliphatic carbocycles. The molecule has 21 heavy (non-hydrogen) atoms. The fourth-order valence-electron chi connectivity index (χ4n) is 2.13. The third-order valence-electron chi connectivity index (χ3n) is 3.07. The molecule has 1 saturated heterocycles. The van der Waals surface area contributed by atoms with Crippen molar-refractivity contribution in [2.45, 2.75) is 23.8 Å². The summed E-state index contributed by atoms with van der Waals surface area (Å²) in [5, 5.41) is 13.9. The van der Waals surface area contributed by atoms with Crippen molar-refractivity contribution in [3.05, 3.63) is 34.1 Å². The van der Waals surface area contributed by atoms with Crippen LogP contribution in [0.1, 0.15) is 12.8 Å². The smallest absolute Gasteiger partial charge is 0.292 e. The predicted molar refractivity (Wildman–Crippen MR) is 76.5 cm³/mol. The number of sulfonamides is 1. The summed E-state index contributed by atoms with van der Waals surface area (Å²) < 4.78 is 40.4. The van der Waals surface area contributed by atoms with E-state index in [0.29, 0.717) is 25.9 Å². The lowest BCUT2D eigenvalue weighted by Crippen LogP contribution is -2.42. The van der Waals surface area contributed by atoms with Crippen molar-refractivity contribution < 1.29 is 17.7 Å². The zero-order chi connectivity index (χ0) is 14.8. The maximum atomic E-state index is 13.7. The van der Waals surface area contributed by atoms with Gasteiger partial charge in [0.1, 0.15) is 5.82 Å². The second-order valence-corrected chi connectivity index (χ2v) is 6.14. The van der Waals surface area contributed by atoms with E-state index in [0.717, 1.165) is 18.2 Å². The second-order valence-electron chi connectivity index (χ2n) is 4.49. The Kier molecular flexibility index (Phi) is 6.02. The molecule has 118 valence electrons. The maximum Gasteiger partial charge on any atom is 0.292 e. The normalized spacial score (nSPS) is 16.2. The van der Waals surface area contributed by atoms with Crippen molar-refractivity contribution in [2.24, 2.45) is 0 Å². The van der Waals surface area contributed by atoms with Crippen molar-refractivity contribution in [3.8, 4) is 0 Å². The minimum absolute atomic E-state index is 0. The number of nitro groups is 1. The van der Waals surface area contributed by atoms with E-state index in [1.54, 1.807) is 0 Å². The number of halogens is 2. The molecule has 2 N–H and O–H groups in total. The summed E-state index contributed by atoms with van der Waals surface area (Å²) in [6, 6.07) is 2.63. The molecule has 7 nitrogen and oxygen atoms in total. The first-order valence-corrected chi connectivity index (χ1v) is 7.56. The highest BCUT2D eigenvalue weighted by molar-refractivity contribution is 7.89. The largest absolute Gasteiger partial charge is 0.317 e.